The lowest BCUT2D eigenvalue weighted by atomic mass is 10.0. The highest BCUT2D eigenvalue weighted by Gasteiger charge is 2.17. The zero-order valence-corrected chi connectivity index (χ0v) is 11.6. The molecule has 0 aliphatic carbocycles. The highest BCUT2D eigenvalue weighted by Crippen LogP contribution is 2.11. The van der Waals surface area contributed by atoms with Crippen LogP contribution >= 0.6 is 22.6 Å². The third kappa shape index (κ3) is 3.73. The molecule has 4 nitrogen and oxygen atoms in total. The first-order valence-corrected chi connectivity index (χ1v) is 6.13. The summed E-state index contributed by atoms with van der Waals surface area (Å²) in [5.74, 6) is 0. The van der Waals surface area contributed by atoms with Gasteiger partial charge in [0.2, 0.25) is 0 Å². The molecule has 0 fully saturated rings. The van der Waals surface area contributed by atoms with Gasteiger partial charge in [-0.25, -0.2) is 0 Å². The molecule has 0 saturated carbocycles. The van der Waals surface area contributed by atoms with Gasteiger partial charge in [-0.05, 0) is 35.9 Å². The molecule has 1 aromatic heterocycles. The first kappa shape index (κ1) is 12.9. The van der Waals surface area contributed by atoms with E-state index >= 15 is 0 Å². The monoisotopic (exact) mass is 323 g/mol. The van der Waals surface area contributed by atoms with Gasteiger partial charge >= 0.3 is 0 Å². The largest absolute Gasteiger partial charge is 0.389 e. The van der Waals surface area contributed by atoms with Crippen molar-refractivity contribution in [1.29, 1.82) is 0 Å². The molecule has 0 amide bonds. The maximum Gasteiger partial charge on any atom is 0.0741 e. The topological polar surface area (TPSA) is 50.1 Å². The molecule has 0 spiro atoms. The third-order valence-electron chi connectivity index (χ3n) is 2.57. The summed E-state index contributed by atoms with van der Waals surface area (Å²) in [4.78, 5) is 0. The Kier molecular flexibility index (Phi) is 4.54. The van der Waals surface area contributed by atoms with E-state index in [0.717, 1.165) is 22.2 Å². The fourth-order valence-corrected chi connectivity index (χ4v) is 1.87. The van der Waals surface area contributed by atoms with Gasteiger partial charge in [-0.1, -0.05) is 6.92 Å². The Hall–Kier alpha value is -0.140. The highest BCUT2D eigenvalue weighted by atomic mass is 127. The number of aliphatic hydroxyl groups is 1. The Morgan fingerprint density at radius 1 is 1.67 bits per heavy atom. The van der Waals surface area contributed by atoms with Crippen LogP contribution in [0.1, 0.15) is 26.0 Å². The van der Waals surface area contributed by atoms with Crippen LogP contribution in [0.3, 0.4) is 0 Å². The smallest absolute Gasteiger partial charge is 0.0741 e. The van der Waals surface area contributed by atoms with Crippen molar-refractivity contribution in [2.75, 3.05) is 6.54 Å². The van der Waals surface area contributed by atoms with E-state index in [2.05, 4.69) is 33.0 Å². The van der Waals surface area contributed by atoms with Crippen LogP contribution in [0, 0.1) is 3.57 Å². The first-order valence-electron chi connectivity index (χ1n) is 5.06. The molecule has 5 heteroatoms. The average Bonchev–Trinajstić information content (AvgIpc) is 2.49. The van der Waals surface area contributed by atoms with Crippen LogP contribution in [0.4, 0.5) is 0 Å². The van der Waals surface area contributed by atoms with Gasteiger partial charge in [0.05, 0.1) is 21.1 Å². The molecule has 1 heterocycles. The minimum absolute atomic E-state index is 0.602. The zero-order valence-electron chi connectivity index (χ0n) is 9.42. The summed E-state index contributed by atoms with van der Waals surface area (Å²) in [6.45, 7) is 5.17. The van der Waals surface area contributed by atoms with Crippen molar-refractivity contribution < 1.29 is 5.11 Å². The van der Waals surface area contributed by atoms with Gasteiger partial charge in [0.15, 0.2) is 0 Å². The number of hydrogen-bond donors (Lipinski definition) is 2. The molecule has 1 aromatic rings. The molecule has 1 atom stereocenters. The van der Waals surface area contributed by atoms with Crippen LogP contribution < -0.4 is 5.32 Å². The van der Waals surface area contributed by atoms with E-state index in [9.17, 15) is 5.11 Å². The minimum Gasteiger partial charge on any atom is -0.389 e. The van der Waals surface area contributed by atoms with Crippen molar-refractivity contribution in [1.82, 2.24) is 15.1 Å². The third-order valence-corrected chi connectivity index (χ3v) is 3.47. The number of hydrogen-bond acceptors (Lipinski definition) is 3. The Morgan fingerprint density at radius 3 is 2.80 bits per heavy atom. The van der Waals surface area contributed by atoms with E-state index in [-0.39, 0.29) is 0 Å². The number of nitrogens with one attached hydrogen (secondary N) is 1. The fourth-order valence-electron chi connectivity index (χ4n) is 1.21. The predicted molar refractivity (Wildman–Crippen MR) is 68.5 cm³/mol. The average molecular weight is 323 g/mol. The van der Waals surface area contributed by atoms with Gasteiger partial charge in [-0.2, -0.15) is 5.10 Å². The summed E-state index contributed by atoms with van der Waals surface area (Å²) in [5.41, 5.74) is 0.534. The maximum absolute atomic E-state index is 9.80. The van der Waals surface area contributed by atoms with Crippen LogP contribution in [0.2, 0.25) is 0 Å². The fraction of sp³-hybridized carbons (Fsp3) is 0.700. The molecule has 0 aromatic carbocycles. The zero-order chi connectivity index (χ0) is 11.5. The molecule has 0 aliphatic rings. The summed E-state index contributed by atoms with van der Waals surface area (Å²) in [6.07, 6.45) is 2.60. The molecule has 86 valence electrons. The normalized spacial score (nSPS) is 15.3. The van der Waals surface area contributed by atoms with Gasteiger partial charge in [-0.3, -0.25) is 4.68 Å². The second-order valence-corrected chi connectivity index (χ2v) is 5.18. The minimum atomic E-state index is -0.621. The van der Waals surface area contributed by atoms with Crippen LogP contribution in [0.25, 0.3) is 0 Å². The van der Waals surface area contributed by atoms with Gasteiger partial charge in [0.1, 0.15) is 0 Å². The van der Waals surface area contributed by atoms with Crippen molar-refractivity contribution in [3.63, 3.8) is 0 Å². The van der Waals surface area contributed by atoms with Crippen molar-refractivity contribution in [2.45, 2.75) is 32.4 Å². The maximum atomic E-state index is 9.80. The highest BCUT2D eigenvalue weighted by molar-refractivity contribution is 14.1. The standard InChI is InChI=1S/C10H18IN3O/c1-4-10(2,15)7-12-6-9-8(11)5-13-14(9)3/h5,12,15H,4,6-7H2,1-3H3/t10-/m0/s1. The van der Waals surface area contributed by atoms with E-state index in [4.69, 9.17) is 0 Å². The van der Waals surface area contributed by atoms with E-state index < -0.39 is 5.60 Å². The van der Waals surface area contributed by atoms with Crippen molar-refractivity contribution in [3.8, 4) is 0 Å². The Balaban J connectivity index is 2.45. The molecule has 2 N–H and O–H groups in total. The molecule has 15 heavy (non-hydrogen) atoms. The molecule has 1 rings (SSSR count). The van der Waals surface area contributed by atoms with Crippen molar-refractivity contribution >= 4 is 22.6 Å². The van der Waals surface area contributed by atoms with Crippen LogP contribution in [0.15, 0.2) is 6.20 Å². The molecule has 0 bridgehead atoms. The lowest BCUT2D eigenvalue weighted by Gasteiger charge is -2.21. The molecule has 0 aliphatic heterocycles. The molecule has 0 saturated heterocycles. The SMILES string of the molecule is CC[C@](C)(O)CNCc1c(I)cnn1C. The van der Waals surface area contributed by atoms with E-state index in [0.29, 0.717) is 6.54 Å². The van der Waals surface area contributed by atoms with Crippen molar-refractivity contribution in [3.05, 3.63) is 15.5 Å². The van der Waals surface area contributed by atoms with Crippen molar-refractivity contribution in [2.24, 2.45) is 7.05 Å². The van der Waals surface area contributed by atoms with E-state index in [1.807, 2.05) is 31.8 Å². The van der Waals surface area contributed by atoms with Gasteiger partial charge < -0.3 is 10.4 Å². The van der Waals surface area contributed by atoms with E-state index in [1.54, 1.807) is 0 Å². The molecule has 0 radical (unpaired) electrons. The number of rotatable bonds is 5. The van der Waals surface area contributed by atoms with E-state index in [1.165, 1.54) is 0 Å². The lowest BCUT2D eigenvalue weighted by molar-refractivity contribution is 0.0554. The quantitative estimate of drug-likeness (QED) is 0.803. The molecule has 0 unspecified atom stereocenters. The Labute approximate surface area is 104 Å². The Morgan fingerprint density at radius 2 is 2.33 bits per heavy atom. The molecular weight excluding hydrogens is 305 g/mol. The van der Waals surface area contributed by atoms with Gasteiger partial charge in [0, 0.05) is 20.1 Å². The summed E-state index contributed by atoms with van der Waals surface area (Å²) < 4.78 is 3.01. The van der Waals surface area contributed by atoms with Crippen LogP contribution in [0.5, 0.6) is 0 Å². The number of halogens is 1. The summed E-state index contributed by atoms with van der Waals surface area (Å²) in [7, 11) is 1.93. The second-order valence-electron chi connectivity index (χ2n) is 4.02. The molecular formula is C10H18IN3O. The van der Waals surface area contributed by atoms with Crippen LogP contribution in [-0.2, 0) is 13.6 Å². The first-order chi connectivity index (χ1) is 6.96. The second kappa shape index (κ2) is 5.27. The summed E-state index contributed by atoms with van der Waals surface area (Å²) in [5, 5.41) is 17.2. The number of aromatic nitrogens is 2. The van der Waals surface area contributed by atoms with Crippen LogP contribution in [-0.4, -0.2) is 27.0 Å². The lowest BCUT2D eigenvalue weighted by Crippen LogP contribution is -2.37. The Bertz CT molecular complexity index is 303. The number of aryl methyl sites for hydroxylation is 1. The predicted octanol–water partition coefficient (Wildman–Crippen LogP) is 1.28. The van der Waals surface area contributed by atoms with Gasteiger partial charge in [0.25, 0.3) is 0 Å². The summed E-state index contributed by atoms with van der Waals surface area (Å²) in [6, 6.07) is 0. The van der Waals surface area contributed by atoms with Gasteiger partial charge in [-0.15, -0.1) is 0 Å². The number of nitrogens with zero attached hydrogens (tertiary/aromatic N) is 2. The summed E-state index contributed by atoms with van der Waals surface area (Å²) >= 11 is 2.27.